The Morgan fingerprint density at radius 3 is 2.29 bits per heavy atom. The van der Waals surface area contributed by atoms with Gasteiger partial charge in [-0.15, -0.1) is 11.7 Å². The van der Waals surface area contributed by atoms with Gasteiger partial charge >= 0.3 is 5.97 Å². The molecule has 166 valence electrons. The maximum absolute atomic E-state index is 12.0. The van der Waals surface area contributed by atoms with Gasteiger partial charge in [0.05, 0.1) is 18.3 Å². The minimum absolute atomic E-state index is 0.0753. The zero-order valence-electron chi connectivity index (χ0n) is 17.9. The van der Waals surface area contributed by atoms with Crippen LogP contribution in [0.2, 0.25) is 0 Å². The maximum Gasteiger partial charge on any atom is 0.305 e. The molecule has 0 aliphatic rings. The van der Waals surface area contributed by atoms with Gasteiger partial charge in [0.2, 0.25) is 5.91 Å². The topological polar surface area (TPSA) is 94.1 Å². The smallest absolute Gasteiger partial charge is 0.305 e. The van der Waals surface area contributed by atoms with Crippen molar-refractivity contribution < 1.29 is 28.9 Å². The van der Waals surface area contributed by atoms with Gasteiger partial charge in [0.25, 0.3) is 0 Å². The number of nitrogens with one attached hydrogen (secondary N) is 1. The summed E-state index contributed by atoms with van der Waals surface area (Å²) in [5.74, 6) is 0.222. The lowest BCUT2D eigenvalue weighted by molar-refractivity contribution is -0.251. The average molecular weight is 440 g/mol. The number of hydrogen-bond donors (Lipinski definition) is 3. The molecule has 0 rings (SSSR count). The summed E-state index contributed by atoms with van der Waals surface area (Å²) in [6.45, 7) is 11.8. The molecule has 0 aromatic carbocycles. The number of amides is 1. The fraction of sp³-hybridized carbons (Fsp3) is 0.895. The maximum atomic E-state index is 12.0. The summed E-state index contributed by atoms with van der Waals surface area (Å²) in [6.07, 6.45) is -0.438. The van der Waals surface area contributed by atoms with Gasteiger partial charge in [-0.2, -0.15) is 0 Å². The molecule has 0 saturated heterocycles. The summed E-state index contributed by atoms with van der Waals surface area (Å²) in [7, 11) is 1.36. The Morgan fingerprint density at radius 1 is 1.14 bits per heavy atom. The van der Waals surface area contributed by atoms with Gasteiger partial charge in [-0.25, -0.2) is 0 Å². The summed E-state index contributed by atoms with van der Waals surface area (Å²) in [5.41, 5.74) is -0.796. The molecule has 0 bridgehead atoms. The van der Waals surface area contributed by atoms with Gasteiger partial charge in [0, 0.05) is 25.1 Å². The molecule has 28 heavy (non-hydrogen) atoms. The number of carbonyl (C=O) groups excluding carboxylic acids is 2. The van der Waals surface area contributed by atoms with Crippen molar-refractivity contribution in [1.29, 1.82) is 0 Å². The second kappa shape index (κ2) is 13.7. The van der Waals surface area contributed by atoms with Gasteiger partial charge in [-0.05, 0) is 32.6 Å². The molecular weight excluding hydrogens is 402 g/mol. The highest BCUT2D eigenvalue weighted by molar-refractivity contribution is 8.68. The molecule has 9 heteroatoms. The SMILES string of the molecule is CC(C)(C)OC(COC(=O)CCCC(=O)NCCSS)O[C@@H](CO)C(C)(C)C. The second-order valence-corrected chi connectivity index (χ2v) is 9.99. The molecule has 0 aromatic rings. The molecule has 1 unspecified atom stereocenters. The molecule has 0 aliphatic heterocycles. The zero-order chi connectivity index (χ0) is 21.8. The van der Waals surface area contributed by atoms with E-state index in [4.69, 9.17) is 14.2 Å². The van der Waals surface area contributed by atoms with E-state index in [1.54, 1.807) is 0 Å². The lowest BCUT2D eigenvalue weighted by Crippen LogP contribution is -2.42. The fourth-order valence-corrected chi connectivity index (χ4v) is 2.62. The van der Waals surface area contributed by atoms with Crippen LogP contribution in [0.15, 0.2) is 0 Å². The minimum atomic E-state index is -0.789. The summed E-state index contributed by atoms with van der Waals surface area (Å²) >= 11 is 4.00. The minimum Gasteiger partial charge on any atom is -0.460 e. The normalized spacial score (nSPS) is 14.4. The first kappa shape index (κ1) is 27.5. The average Bonchev–Trinajstić information content (AvgIpc) is 2.55. The number of ether oxygens (including phenoxy) is 3. The van der Waals surface area contributed by atoms with E-state index < -0.39 is 24.0 Å². The van der Waals surface area contributed by atoms with Crippen LogP contribution in [0, 0.1) is 5.41 Å². The van der Waals surface area contributed by atoms with Crippen molar-refractivity contribution in [2.75, 3.05) is 25.5 Å². The third kappa shape index (κ3) is 14.5. The Kier molecular flexibility index (Phi) is 13.5. The highest BCUT2D eigenvalue weighted by Crippen LogP contribution is 2.25. The van der Waals surface area contributed by atoms with Crippen LogP contribution in [0.25, 0.3) is 0 Å². The number of hydrogen-bond acceptors (Lipinski definition) is 8. The summed E-state index contributed by atoms with van der Waals surface area (Å²) < 4.78 is 17.0. The van der Waals surface area contributed by atoms with Gasteiger partial charge in [-0.3, -0.25) is 9.59 Å². The van der Waals surface area contributed by atoms with E-state index in [-0.39, 0.29) is 37.4 Å². The Balaban J connectivity index is 4.44. The Morgan fingerprint density at radius 2 is 1.79 bits per heavy atom. The highest BCUT2D eigenvalue weighted by atomic mass is 33.1. The van der Waals surface area contributed by atoms with Crippen LogP contribution in [-0.4, -0.2) is 60.5 Å². The molecule has 0 spiro atoms. The van der Waals surface area contributed by atoms with Gasteiger partial charge in [-0.1, -0.05) is 31.6 Å². The summed E-state index contributed by atoms with van der Waals surface area (Å²) in [6, 6.07) is 0. The molecule has 2 N–H and O–H groups in total. The van der Waals surface area contributed by atoms with Gasteiger partial charge in [0.15, 0.2) is 6.29 Å². The Hall–Kier alpha value is -0.480. The van der Waals surface area contributed by atoms with Crippen molar-refractivity contribution in [3.63, 3.8) is 0 Å². The molecule has 0 aromatic heterocycles. The van der Waals surface area contributed by atoms with Crippen LogP contribution < -0.4 is 5.32 Å². The van der Waals surface area contributed by atoms with E-state index in [9.17, 15) is 14.7 Å². The number of aliphatic hydroxyl groups is 1. The first-order valence-electron chi connectivity index (χ1n) is 9.52. The molecule has 1 amide bonds. The van der Waals surface area contributed by atoms with Crippen LogP contribution in [0.1, 0.15) is 60.8 Å². The fourth-order valence-electron chi connectivity index (χ4n) is 2.15. The molecule has 0 heterocycles. The number of carbonyl (C=O) groups is 2. The number of esters is 1. The summed E-state index contributed by atoms with van der Waals surface area (Å²) in [4.78, 5) is 23.6. The van der Waals surface area contributed by atoms with Crippen LogP contribution in [-0.2, 0) is 23.8 Å². The van der Waals surface area contributed by atoms with E-state index in [1.807, 2.05) is 41.5 Å². The van der Waals surface area contributed by atoms with Crippen molar-refractivity contribution in [1.82, 2.24) is 5.32 Å². The number of thiol groups is 1. The van der Waals surface area contributed by atoms with E-state index >= 15 is 0 Å². The van der Waals surface area contributed by atoms with Gasteiger partial charge in [0.1, 0.15) is 6.61 Å². The van der Waals surface area contributed by atoms with E-state index in [0.717, 1.165) is 5.75 Å². The first-order chi connectivity index (χ1) is 12.9. The molecule has 0 radical (unpaired) electrons. The molecule has 0 fully saturated rings. The lowest BCUT2D eigenvalue weighted by atomic mass is 9.89. The molecule has 0 aliphatic carbocycles. The van der Waals surface area contributed by atoms with Crippen LogP contribution >= 0.6 is 22.5 Å². The quantitative estimate of drug-likeness (QED) is 0.134. The molecular formula is C19H37NO6S2. The molecule has 0 saturated carbocycles. The van der Waals surface area contributed by atoms with Crippen LogP contribution in [0.4, 0.5) is 0 Å². The van der Waals surface area contributed by atoms with Crippen LogP contribution in [0.3, 0.4) is 0 Å². The predicted octanol–water partition coefficient (Wildman–Crippen LogP) is 2.96. The molecule has 2 atom stereocenters. The number of aliphatic hydroxyl groups excluding tert-OH is 1. The lowest BCUT2D eigenvalue weighted by Gasteiger charge is -2.35. The first-order valence-corrected chi connectivity index (χ1v) is 11.6. The predicted molar refractivity (Wildman–Crippen MR) is 115 cm³/mol. The monoisotopic (exact) mass is 439 g/mol. The van der Waals surface area contributed by atoms with E-state index in [0.29, 0.717) is 13.0 Å². The molecule has 7 nitrogen and oxygen atoms in total. The second-order valence-electron chi connectivity index (χ2n) is 8.55. The van der Waals surface area contributed by atoms with Crippen molar-refractivity contribution in [3.05, 3.63) is 0 Å². The third-order valence-electron chi connectivity index (χ3n) is 3.61. The van der Waals surface area contributed by atoms with E-state index in [2.05, 4.69) is 17.0 Å². The van der Waals surface area contributed by atoms with E-state index in [1.165, 1.54) is 10.8 Å². The zero-order valence-corrected chi connectivity index (χ0v) is 19.7. The highest BCUT2D eigenvalue weighted by Gasteiger charge is 2.30. The van der Waals surface area contributed by atoms with Crippen LogP contribution in [0.5, 0.6) is 0 Å². The number of rotatable bonds is 13. The Bertz CT molecular complexity index is 462. The standard InChI is InChI=1S/C19H37NO6S2/c1-18(2,3)14(12-21)25-17(26-19(4,5)6)13-24-16(23)9-7-8-15(22)20-10-11-28-27/h14,17,21,27H,7-13H2,1-6H3,(H,20,22)/t14-,17?/m0/s1. The van der Waals surface area contributed by atoms with Crippen molar-refractivity contribution >= 4 is 34.3 Å². The Labute approximate surface area is 178 Å². The summed E-state index contributed by atoms with van der Waals surface area (Å²) in [5, 5.41) is 12.4. The van der Waals surface area contributed by atoms with Crippen molar-refractivity contribution in [2.24, 2.45) is 5.41 Å². The third-order valence-corrected chi connectivity index (χ3v) is 4.55. The largest absolute Gasteiger partial charge is 0.460 e. The van der Waals surface area contributed by atoms with Gasteiger partial charge < -0.3 is 24.6 Å². The van der Waals surface area contributed by atoms with Crippen molar-refractivity contribution in [2.45, 2.75) is 78.8 Å². The van der Waals surface area contributed by atoms with Crippen molar-refractivity contribution in [3.8, 4) is 0 Å².